The maximum atomic E-state index is 11.8. The smallest absolute Gasteiger partial charge is 0.288 e. The summed E-state index contributed by atoms with van der Waals surface area (Å²) in [5.41, 5.74) is 4.37. The molecule has 26 heavy (non-hydrogen) atoms. The van der Waals surface area contributed by atoms with Gasteiger partial charge in [-0.1, -0.05) is 24.3 Å². The summed E-state index contributed by atoms with van der Waals surface area (Å²) in [6.07, 6.45) is 4.23. The average Bonchev–Trinajstić information content (AvgIpc) is 2.59. The lowest BCUT2D eigenvalue weighted by molar-refractivity contribution is -0.292. The second-order valence-corrected chi connectivity index (χ2v) is 7.56. The van der Waals surface area contributed by atoms with Crippen molar-refractivity contribution in [2.24, 2.45) is 11.8 Å². The van der Waals surface area contributed by atoms with Gasteiger partial charge in [0.25, 0.3) is 0 Å². The van der Waals surface area contributed by atoms with E-state index < -0.39 is 6.16 Å². The van der Waals surface area contributed by atoms with Gasteiger partial charge in [0.1, 0.15) is 0 Å². The molecule has 144 valence electrons. The highest BCUT2D eigenvalue weighted by Crippen LogP contribution is 2.35. The van der Waals surface area contributed by atoms with Crippen molar-refractivity contribution in [1.82, 2.24) is 0 Å². The molecule has 2 aliphatic rings. The van der Waals surface area contributed by atoms with Gasteiger partial charge in [-0.05, 0) is 76.4 Å². The van der Waals surface area contributed by atoms with Gasteiger partial charge in [0, 0.05) is 12.8 Å². The lowest BCUT2D eigenvalue weighted by atomic mass is 9.85. The fraction of sp³-hybridized carbons (Fsp3) is 0.571. The minimum absolute atomic E-state index is 0.346. The fourth-order valence-electron chi connectivity index (χ4n) is 3.29. The van der Waals surface area contributed by atoms with E-state index in [9.17, 15) is 4.79 Å². The molecule has 0 amide bonds. The highest BCUT2D eigenvalue weighted by atomic mass is 17.3. The van der Waals surface area contributed by atoms with Gasteiger partial charge in [0.15, 0.2) is 11.5 Å². The molecular weight excluding hydrogens is 332 g/mol. The van der Waals surface area contributed by atoms with Gasteiger partial charge in [-0.3, -0.25) is 9.78 Å². The van der Waals surface area contributed by atoms with Crippen molar-refractivity contribution in [3.8, 4) is 0 Å². The molecule has 0 N–H and O–H groups in total. The number of carbonyl (C=O) groups is 1. The van der Waals surface area contributed by atoms with E-state index in [-0.39, 0.29) is 0 Å². The van der Waals surface area contributed by atoms with E-state index in [4.69, 9.17) is 19.6 Å². The van der Waals surface area contributed by atoms with Gasteiger partial charge in [0.2, 0.25) is 0 Å². The SMILES string of the molecule is C=C(C)[C@@H]1CCC(C)=C(OOC(=O)OOC2=C(C)CC[C@@H](C(=C)C)C2)C1. The van der Waals surface area contributed by atoms with Crippen molar-refractivity contribution in [2.45, 2.75) is 66.2 Å². The quantitative estimate of drug-likeness (QED) is 0.315. The van der Waals surface area contributed by atoms with E-state index in [2.05, 4.69) is 13.2 Å². The first kappa shape index (κ1) is 20.1. The van der Waals surface area contributed by atoms with Gasteiger partial charge in [-0.2, -0.15) is 4.79 Å². The van der Waals surface area contributed by atoms with Crippen LogP contribution in [0, 0.1) is 11.8 Å². The molecule has 2 rings (SSSR count). The molecule has 0 bridgehead atoms. The van der Waals surface area contributed by atoms with Gasteiger partial charge in [-0.15, -0.1) is 0 Å². The number of hydrogen-bond acceptors (Lipinski definition) is 5. The van der Waals surface area contributed by atoms with E-state index in [1.54, 1.807) is 0 Å². The van der Waals surface area contributed by atoms with Crippen LogP contribution in [0.2, 0.25) is 0 Å². The first-order valence-electron chi connectivity index (χ1n) is 9.19. The number of rotatable bonds is 6. The molecule has 0 aromatic rings. The molecular formula is C21H30O5. The molecule has 5 nitrogen and oxygen atoms in total. The molecule has 2 aliphatic carbocycles. The molecule has 0 aromatic heterocycles. The zero-order valence-corrected chi connectivity index (χ0v) is 16.4. The predicted molar refractivity (Wildman–Crippen MR) is 99.4 cm³/mol. The second kappa shape index (κ2) is 8.97. The Hall–Kier alpha value is -2.17. The van der Waals surface area contributed by atoms with Crippen molar-refractivity contribution in [3.63, 3.8) is 0 Å². The molecule has 0 spiro atoms. The Morgan fingerprint density at radius 3 is 1.58 bits per heavy atom. The molecule has 2 atom stereocenters. The zero-order chi connectivity index (χ0) is 19.3. The Balaban J connectivity index is 1.82. The normalized spacial score (nSPS) is 23.4. The van der Waals surface area contributed by atoms with E-state index in [0.29, 0.717) is 36.2 Å². The van der Waals surface area contributed by atoms with Crippen LogP contribution in [0.25, 0.3) is 0 Å². The highest BCUT2D eigenvalue weighted by Gasteiger charge is 2.25. The third kappa shape index (κ3) is 5.41. The summed E-state index contributed by atoms with van der Waals surface area (Å²) in [5.74, 6) is 2.02. The van der Waals surface area contributed by atoms with E-state index in [0.717, 1.165) is 48.0 Å². The predicted octanol–water partition coefficient (Wildman–Crippen LogP) is 6.30. The van der Waals surface area contributed by atoms with Crippen LogP contribution in [0.15, 0.2) is 47.0 Å². The maximum Gasteiger partial charge on any atom is 0.591 e. The lowest BCUT2D eigenvalue weighted by Crippen LogP contribution is -2.17. The monoisotopic (exact) mass is 362 g/mol. The minimum Gasteiger partial charge on any atom is -0.288 e. The van der Waals surface area contributed by atoms with Gasteiger partial charge in [-0.25, -0.2) is 9.78 Å². The van der Waals surface area contributed by atoms with E-state index >= 15 is 0 Å². The van der Waals surface area contributed by atoms with Crippen LogP contribution in [-0.4, -0.2) is 6.16 Å². The summed E-state index contributed by atoms with van der Waals surface area (Å²) in [6.45, 7) is 16.0. The maximum absolute atomic E-state index is 11.8. The molecule has 0 saturated carbocycles. The molecule has 0 aliphatic heterocycles. The van der Waals surface area contributed by atoms with Crippen molar-refractivity contribution < 1.29 is 24.3 Å². The third-order valence-electron chi connectivity index (χ3n) is 5.37. The van der Waals surface area contributed by atoms with Crippen molar-refractivity contribution in [2.75, 3.05) is 0 Å². The fourth-order valence-corrected chi connectivity index (χ4v) is 3.29. The Bertz CT molecular complexity index is 587. The summed E-state index contributed by atoms with van der Waals surface area (Å²) in [7, 11) is 0. The summed E-state index contributed by atoms with van der Waals surface area (Å²) in [6, 6.07) is 0. The Labute approximate surface area is 156 Å². The summed E-state index contributed by atoms with van der Waals surface area (Å²) < 4.78 is 0. The highest BCUT2D eigenvalue weighted by molar-refractivity contribution is 5.58. The number of hydrogen-bond donors (Lipinski definition) is 0. The molecule has 0 radical (unpaired) electrons. The van der Waals surface area contributed by atoms with Crippen LogP contribution >= 0.6 is 0 Å². The standard InChI is InChI=1S/C21H30O5/c1-13(2)17-9-7-15(5)19(11-17)23-25-21(22)26-24-20-12-18(14(3)4)10-8-16(20)6/h17-18H,1,3,7-12H2,2,4-6H3/t17-,18-/m1/s1. The van der Waals surface area contributed by atoms with Crippen molar-refractivity contribution in [3.05, 3.63) is 47.0 Å². The first-order chi connectivity index (χ1) is 12.3. The Morgan fingerprint density at radius 2 is 1.23 bits per heavy atom. The zero-order valence-electron chi connectivity index (χ0n) is 16.4. The first-order valence-corrected chi connectivity index (χ1v) is 9.19. The largest absolute Gasteiger partial charge is 0.591 e. The van der Waals surface area contributed by atoms with E-state index in [1.807, 2.05) is 27.7 Å². The Morgan fingerprint density at radius 1 is 0.846 bits per heavy atom. The van der Waals surface area contributed by atoms with Crippen LogP contribution in [-0.2, 0) is 19.6 Å². The van der Waals surface area contributed by atoms with E-state index in [1.165, 1.54) is 0 Å². The van der Waals surface area contributed by atoms with Gasteiger partial charge in [0.05, 0.1) is 0 Å². The summed E-state index contributed by atoms with van der Waals surface area (Å²) in [5, 5.41) is 0. The molecule has 0 unspecified atom stereocenters. The summed E-state index contributed by atoms with van der Waals surface area (Å²) in [4.78, 5) is 31.8. The van der Waals surface area contributed by atoms with Gasteiger partial charge < -0.3 is 0 Å². The van der Waals surface area contributed by atoms with Crippen LogP contribution in [0.5, 0.6) is 0 Å². The summed E-state index contributed by atoms with van der Waals surface area (Å²) >= 11 is 0. The Kier molecular flexibility index (Phi) is 6.95. The van der Waals surface area contributed by atoms with Crippen molar-refractivity contribution in [1.29, 1.82) is 0 Å². The van der Waals surface area contributed by atoms with Crippen LogP contribution in [0.1, 0.15) is 66.2 Å². The van der Waals surface area contributed by atoms with Crippen LogP contribution in [0.4, 0.5) is 4.79 Å². The van der Waals surface area contributed by atoms with Crippen molar-refractivity contribution >= 4 is 6.16 Å². The topological polar surface area (TPSA) is 54.0 Å². The lowest BCUT2D eigenvalue weighted by Gasteiger charge is -2.25. The minimum atomic E-state index is -1.01. The second-order valence-electron chi connectivity index (χ2n) is 7.56. The molecule has 0 heterocycles. The van der Waals surface area contributed by atoms with Crippen LogP contribution < -0.4 is 0 Å². The van der Waals surface area contributed by atoms with Crippen LogP contribution in [0.3, 0.4) is 0 Å². The number of carbonyl (C=O) groups excluding carboxylic acids is 1. The third-order valence-corrected chi connectivity index (χ3v) is 5.37. The molecule has 0 fully saturated rings. The van der Waals surface area contributed by atoms with Gasteiger partial charge >= 0.3 is 6.16 Å². The molecule has 5 heteroatoms. The average molecular weight is 362 g/mol. The molecule has 0 aromatic carbocycles. The number of allylic oxidation sites excluding steroid dienone is 6. The molecule has 0 saturated heterocycles.